The first kappa shape index (κ1) is 14.0. The van der Waals surface area contributed by atoms with Gasteiger partial charge in [-0.15, -0.1) is 0 Å². The molecule has 23 heavy (non-hydrogen) atoms. The Morgan fingerprint density at radius 2 is 2.17 bits per heavy atom. The number of benzene rings is 1. The number of amides is 1. The van der Waals surface area contributed by atoms with Gasteiger partial charge in [0.25, 0.3) is 0 Å². The lowest BCUT2D eigenvalue weighted by Gasteiger charge is -2.18. The summed E-state index contributed by atoms with van der Waals surface area (Å²) in [5.74, 6) is 0.141. The summed E-state index contributed by atoms with van der Waals surface area (Å²) in [6.07, 6.45) is 6.06. The predicted octanol–water partition coefficient (Wildman–Crippen LogP) is 3.03. The summed E-state index contributed by atoms with van der Waals surface area (Å²) < 4.78 is 1.98. The van der Waals surface area contributed by atoms with Gasteiger partial charge in [-0.3, -0.25) is 4.79 Å². The molecule has 0 radical (unpaired) electrons. The molecule has 3 heterocycles. The molecule has 1 aromatic carbocycles. The van der Waals surface area contributed by atoms with Crippen molar-refractivity contribution in [3.05, 3.63) is 65.6 Å². The summed E-state index contributed by atoms with van der Waals surface area (Å²) in [6.45, 7) is 2.92. The molecule has 0 saturated carbocycles. The molecule has 0 bridgehead atoms. The fourth-order valence-corrected chi connectivity index (χ4v) is 3.27. The van der Waals surface area contributed by atoms with Crippen LogP contribution in [0, 0.1) is 0 Å². The normalized spacial score (nSPS) is 13.5. The second kappa shape index (κ2) is 5.54. The lowest BCUT2D eigenvalue weighted by Crippen LogP contribution is -2.30. The van der Waals surface area contributed by atoms with Crippen LogP contribution in [0.15, 0.2) is 48.8 Å². The Balaban J connectivity index is 1.62. The van der Waals surface area contributed by atoms with E-state index in [0.717, 1.165) is 36.4 Å². The average molecular weight is 305 g/mol. The largest absolute Gasteiger partial charge is 0.311 e. The molecule has 4 heteroatoms. The molecule has 3 aromatic rings. The van der Waals surface area contributed by atoms with Gasteiger partial charge in [0.1, 0.15) is 5.65 Å². The maximum atomic E-state index is 12.8. The van der Waals surface area contributed by atoms with Crippen molar-refractivity contribution in [1.82, 2.24) is 9.38 Å². The molecule has 4 nitrogen and oxygen atoms in total. The van der Waals surface area contributed by atoms with Gasteiger partial charge in [0, 0.05) is 24.6 Å². The number of hydrogen-bond acceptors (Lipinski definition) is 2. The smallest absolute Gasteiger partial charge is 0.233 e. The molecule has 1 aliphatic rings. The predicted molar refractivity (Wildman–Crippen MR) is 90.8 cm³/mol. The summed E-state index contributed by atoms with van der Waals surface area (Å²) in [7, 11) is 0. The molecule has 1 aliphatic heterocycles. The van der Waals surface area contributed by atoms with Gasteiger partial charge in [0.05, 0.1) is 12.1 Å². The van der Waals surface area contributed by atoms with Crippen LogP contribution in [0.1, 0.15) is 23.7 Å². The highest BCUT2D eigenvalue weighted by molar-refractivity contribution is 5.96. The third-order valence-corrected chi connectivity index (χ3v) is 4.58. The van der Waals surface area contributed by atoms with E-state index in [-0.39, 0.29) is 5.91 Å². The highest BCUT2D eigenvalue weighted by atomic mass is 16.2. The van der Waals surface area contributed by atoms with E-state index in [1.807, 2.05) is 33.7 Å². The van der Waals surface area contributed by atoms with Crippen LogP contribution >= 0.6 is 0 Å². The first-order chi connectivity index (χ1) is 11.3. The molecular formula is C19H19N3O. The number of carbonyl (C=O) groups is 1. The van der Waals surface area contributed by atoms with Crippen molar-refractivity contribution in [3.8, 4) is 0 Å². The van der Waals surface area contributed by atoms with Crippen LogP contribution in [0.25, 0.3) is 5.65 Å². The topological polar surface area (TPSA) is 37.6 Å². The lowest BCUT2D eigenvalue weighted by molar-refractivity contribution is -0.117. The number of carbonyl (C=O) groups excluding carboxylic acids is 1. The Morgan fingerprint density at radius 1 is 1.26 bits per heavy atom. The number of hydrogen-bond donors (Lipinski definition) is 0. The highest BCUT2D eigenvalue weighted by Crippen LogP contribution is 2.29. The molecule has 0 atom stereocenters. The van der Waals surface area contributed by atoms with Crippen LogP contribution in [0.4, 0.5) is 5.69 Å². The molecule has 0 fully saturated rings. The second-order valence-corrected chi connectivity index (χ2v) is 5.97. The standard InChI is InChI=1S/C19H19N3O/c1-2-14-6-7-15-8-10-22(17(15)11-14)19(23)12-16-13-20-18-5-3-4-9-21(16)18/h3-7,9,11,13H,2,8,10,12H2,1H3. The Kier molecular flexibility index (Phi) is 3.37. The van der Waals surface area contributed by atoms with Crippen molar-refractivity contribution in [2.24, 2.45) is 0 Å². The summed E-state index contributed by atoms with van der Waals surface area (Å²) in [6, 6.07) is 12.4. The quantitative estimate of drug-likeness (QED) is 0.746. The second-order valence-electron chi connectivity index (χ2n) is 5.97. The molecular weight excluding hydrogens is 286 g/mol. The molecule has 4 rings (SSSR count). The van der Waals surface area contributed by atoms with Crippen LogP contribution in [-0.2, 0) is 24.1 Å². The van der Waals surface area contributed by atoms with Gasteiger partial charge < -0.3 is 9.30 Å². The van der Waals surface area contributed by atoms with Crippen LogP contribution in [0.3, 0.4) is 0 Å². The molecule has 0 saturated heterocycles. The molecule has 0 spiro atoms. The van der Waals surface area contributed by atoms with Crippen molar-refractivity contribution in [2.45, 2.75) is 26.2 Å². The number of aromatic nitrogens is 2. The fourth-order valence-electron chi connectivity index (χ4n) is 3.27. The maximum absolute atomic E-state index is 12.8. The molecule has 2 aromatic heterocycles. The van der Waals surface area contributed by atoms with E-state index in [1.165, 1.54) is 11.1 Å². The Morgan fingerprint density at radius 3 is 3.04 bits per heavy atom. The fraction of sp³-hybridized carbons (Fsp3) is 0.263. The summed E-state index contributed by atoms with van der Waals surface area (Å²) in [5.41, 5.74) is 5.45. The number of imidazole rings is 1. The first-order valence-corrected chi connectivity index (χ1v) is 8.09. The van der Waals surface area contributed by atoms with Gasteiger partial charge in [-0.05, 0) is 42.2 Å². The average Bonchev–Trinajstić information content (AvgIpc) is 3.18. The van der Waals surface area contributed by atoms with Crippen molar-refractivity contribution in [3.63, 3.8) is 0 Å². The first-order valence-electron chi connectivity index (χ1n) is 8.09. The number of anilines is 1. The van der Waals surface area contributed by atoms with Crippen molar-refractivity contribution < 1.29 is 4.79 Å². The van der Waals surface area contributed by atoms with Crippen LogP contribution < -0.4 is 4.90 Å². The minimum absolute atomic E-state index is 0.141. The third kappa shape index (κ3) is 2.40. The SMILES string of the molecule is CCc1ccc2c(c1)N(C(=O)Cc1cnc3ccccn13)CC2. The zero-order chi connectivity index (χ0) is 15.8. The highest BCUT2D eigenvalue weighted by Gasteiger charge is 2.25. The van der Waals surface area contributed by atoms with Gasteiger partial charge in [0.15, 0.2) is 0 Å². The third-order valence-electron chi connectivity index (χ3n) is 4.58. The van der Waals surface area contributed by atoms with Crippen molar-refractivity contribution in [1.29, 1.82) is 0 Å². The van der Waals surface area contributed by atoms with E-state index in [2.05, 4.69) is 30.1 Å². The van der Waals surface area contributed by atoms with Gasteiger partial charge in [-0.2, -0.15) is 0 Å². The minimum Gasteiger partial charge on any atom is -0.311 e. The maximum Gasteiger partial charge on any atom is 0.233 e. The van der Waals surface area contributed by atoms with E-state index in [0.29, 0.717) is 6.42 Å². The van der Waals surface area contributed by atoms with Gasteiger partial charge >= 0.3 is 0 Å². The van der Waals surface area contributed by atoms with Crippen LogP contribution in [-0.4, -0.2) is 21.8 Å². The zero-order valence-corrected chi connectivity index (χ0v) is 13.2. The molecule has 1 amide bonds. The van der Waals surface area contributed by atoms with E-state index < -0.39 is 0 Å². The minimum atomic E-state index is 0.141. The number of pyridine rings is 1. The van der Waals surface area contributed by atoms with E-state index in [9.17, 15) is 4.79 Å². The van der Waals surface area contributed by atoms with Gasteiger partial charge in [-0.1, -0.05) is 25.1 Å². The summed E-state index contributed by atoms with van der Waals surface area (Å²) >= 11 is 0. The van der Waals surface area contributed by atoms with E-state index >= 15 is 0 Å². The van der Waals surface area contributed by atoms with Gasteiger partial charge in [0.2, 0.25) is 5.91 Å². The number of aryl methyl sites for hydroxylation is 1. The summed E-state index contributed by atoms with van der Waals surface area (Å²) in [4.78, 5) is 19.1. The molecule has 116 valence electrons. The van der Waals surface area contributed by atoms with E-state index in [1.54, 1.807) is 6.20 Å². The Hall–Kier alpha value is -2.62. The zero-order valence-electron chi connectivity index (χ0n) is 13.2. The molecule has 0 unspecified atom stereocenters. The van der Waals surface area contributed by atoms with E-state index in [4.69, 9.17) is 0 Å². The van der Waals surface area contributed by atoms with Crippen LogP contribution in [0.2, 0.25) is 0 Å². The van der Waals surface area contributed by atoms with Crippen molar-refractivity contribution >= 4 is 17.2 Å². The van der Waals surface area contributed by atoms with Crippen molar-refractivity contribution in [2.75, 3.05) is 11.4 Å². The summed E-state index contributed by atoms with van der Waals surface area (Å²) in [5, 5.41) is 0. The number of rotatable bonds is 3. The Bertz CT molecular complexity index is 881. The van der Waals surface area contributed by atoms with Crippen LogP contribution in [0.5, 0.6) is 0 Å². The number of nitrogens with zero attached hydrogens (tertiary/aromatic N) is 3. The molecule has 0 aliphatic carbocycles. The lowest BCUT2D eigenvalue weighted by atomic mass is 10.1. The van der Waals surface area contributed by atoms with Gasteiger partial charge in [-0.25, -0.2) is 4.98 Å². The molecule has 0 N–H and O–H groups in total. The Labute approximate surface area is 135 Å². The number of fused-ring (bicyclic) bond motifs is 2. The monoisotopic (exact) mass is 305 g/mol.